The van der Waals surface area contributed by atoms with Gasteiger partial charge in [0.05, 0.1) is 6.42 Å². The van der Waals surface area contributed by atoms with Crippen LogP contribution < -0.4 is 0 Å². The molecule has 0 bridgehead atoms. The SMILES string of the molecule is CCCC(=O)Cc1nc(C2(OCC)CCCCC2)no1. The lowest BCUT2D eigenvalue weighted by molar-refractivity contribution is -0.118. The molecule has 5 nitrogen and oxygen atoms in total. The number of rotatable bonds is 7. The van der Waals surface area contributed by atoms with E-state index in [0.717, 1.165) is 32.1 Å². The summed E-state index contributed by atoms with van der Waals surface area (Å²) in [5.41, 5.74) is -0.400. The van der Waals surface area contributed by atoms with Gasteiger partial charge in [0.2, 0.25) is 11.7 Å². The molecule has 1 aliphatic carbocycles. The Morgan fingerprint density at radius 2 is 2.05 bits per heavy atom. The van der Waals surface area contributed by atoms with Gasteiger partial charge in [-0.15, -0.1) is 0 Å². The fraction of sp³-hybridized carbons (Fsp3) is 0.800. The smallest absolute Gasteiger partial charge is 0.234 e. The van der Waals surface area contributed by atoms with Crippen LogP contribution in [0.25, 0.3) is 0 Å². The Morgan fingerprint density at radius 3 is 2.70 bits per heavy atom. The molecule has 1 saturated carbocycles. The Morgan fingerprint density at radius 1 is 1.30 bits per heavy atom. The summed E-state index contributed by atoms with van der Waals surface area (Å²) in [7, 11) is 0. The van der Waals surface area contributed by atoms with Crippen LogP contribution in [0.3, 0.4) is 0 Å². The summed E-state index contributed by atoms with van der Waals surface area (Å²) in [5.74, 6) is 1.19. The van der Waals surface area contributed by atoms with Crippen LogP contribution in [0, 0.1) is 0 Å². The third kappa shape index (κ3) is 3.45. The molecular weight excluding hydrogens is 256 g/mol. The van der Waals surface area contributed by atoms with Crippen LogP contribution in [0.2, 0.25) is 0 Å². The van der Waals surface area contributed by atoms with E-state index < -0.39 is 5.60 Å². The van der Waals surface area contributed by atoms with Crippen LogP contribution in [0.1, 0.15) is 70.5 Å². The average Bonchev–Trinajstić information content (AvgIpc) is 2.89. The fourth-order valence-electron chi connectivity index (χ4n) is 2.88. The molecule has 1 aliphatic rings. The standard InChI is InChI=1S/C15H24N2O3/c1-3-8-12(18)11-13-16-14(17-20-13)15(19-4-2)9-6-5-7-10-15/h3-11H2,1-2H3. The highest BCUT2D eigenvalue weighted by atomic mass is 16.5. The van der Waals surface area contributed by atoms with E-state index in [-0.39, 0.29) is 12.2 Å². The Bertz CT molecular complexity index is 431. The Labute approximate surface area is 120 Å². The summed E-state index contributed by atoms with van der Waals surface area (Å²) in [4.78, 5) is 16.1. The predicted octanol–water partition coefficient (Wildman–Crippen LogP) is 3.18. The maximum atomic E-state index is 11.6. The fourth-order valence-corrected chi connectivity index (χ4v) is 2.88. The molecule has 1 aromatic rings. The number of hydrogen-bond acceptors (Lipinski definition) is 5. The summed E-state index contributed by atoms with van der Waals surface area (Å²) in [5, 5.41) is 4.08. The molecule has 0 unspecified atom stereocenters. The number of Topliss-reactive ketones (excluding diaryl/α,β-unsaturated/α-hetero) is 1. The predicted molar refractivity (Wildman–Crippen MR) is 74.3 cm³/mol. The zero-order valence-corrected chi connectivity index (χ0v) is 12.5. The molecule has 0 amide bonds. The van der Waals surface area contributed by atoms with Gasteiger partial charge in [-0.05, 0) is 26.2 Å². The highest BCUT2D eigenvalue weighted by Crippen LogP contribution is 2.39. The maximum absolute atomic E-state index is 11.6. The second-order valence-electron chi connectivity index (χ2n) is 5.47. The summed E-state index contributed by atoms with van der Waals surface area (Å²) in [6.07, 6.45) is 7.00. The van der Waals surface area contributed by atoms with Crippen LogP contribution in [-0.2, 0) is 21.6 Å². The van der Waals surface area contributed by atoms with Gasteiger partial charge in [-0.25, -0.2) is 0 Å². The minimum Gasteiger partial charge on any atom is -0.367 e. The lowest BCUT2D eigenvalue weighted by Gasteiger charge is -2.33. The van der Waals surface area contributed by atoms with Crippen LogP contribution in [0.15, 0.2) is 4.52 Å². The highest BCUT2D eigenvalue weighted by molar-refractivity contribution is 5.79. The first kappa shape index (κ1) is 15.2. The molecule has 0 aliphatic heterocycles. The highest BCUT2D eigenvalue weighted by Gasteiger charge is 2.39. The first-order chi connectivity index (χ1) is 9.70. The first-order valence-electron chi connectivity index (χ1n) is 7.69. The molecule has 0 saturated heterocycles. The van der Waals surface area contributed by atoms with Crippen LogP contribution in [0.4, 0.5) is 0 Å². The van der Waals surface area contributed by atoms with Crippen LogP contribution in [0.5, 0.6) is 0 Å². The topological polar surface area (TPSA) is 65.2 Å². The Balaban J connectivity index is 2.10. The minimum atomic E-state index is -0.400. The third-order valence-electron chi connectivity index (χ3n) is 3.83. The monoisotopic (exact) mass is 280 g/mol. The molecule has 2 rings (SSSR count). The van der Waals surface area contributed by atoms with E-state index in [1.54, 1.807) is 0 Å². The van der Waals surface area contributed by atoms with Crippen molar-refractivity contribution in [3.05, 3.63) is 11.7 Å². The van der Waals surface area contributed by atoms with E-state index in [1.807, 2.05) is 13.8 Å². The lowest BCUT2D eigenvalue weighted by atomic mass is 9.84. The van der Waals surface area contributed by atoms with E-state index in [9.17, 15) is 4.79 Å². The number of carbonyl (C=O) groups excluding carboxylic acids is 1. The van der Waals surface area contributed by atoms with E-state index in [4.69, 9.17) is 9.26 Å². The summed E-state index contributed by atoms with van der Waals surface area (Å²) in [6, 6.07) is 0. The van der Waals surface area contributed by atoms with Crippen molar-refractivity contribution < 1.29 is 14.1 Å². The van der Waals surface area contributed by atoms with Crippen molar-refractivity contribution in [3.63, 3.8) is 0 Å². The second-order valence-corrected chi connectivity index (χ2v) is 5.47. The van der Waals surface area contributed by atoms with Crippen molar-refractivity contribution >= 4 is 5.78 Å². The van der Waals surface area contributed by atoms with Crippen molar-refractivity contribution in [2.75, 3.05) is 6.61 Å². The summed E-state index contributed by atoms with van der Waals surface area (Å²) < 4.78 is 11.2. The van der Waals surface area contributed by atoms with Crippen LogP contribution in [-0.4, -0.2) is 22.5 Å². The molecule has 0 aromatic carbocycles. The maximum Gasteiger partial charge on any atom is 0.234 e. The van der Waals surface area contributed by atoms with Crippen molar-refractivity contribution in [3.8, 4) is 0 Å². The molecule has 5 heteroatoms. The van der Waals surface area contributed by atoms with E-state index in [1.165, 1.54) is 6.42 Å². The van der Waals surface area contributed by atoms with E-state index >= 15 is 0 Å². The number of carbonyl (C=O) groups is 1. The Kier molecular flexibility index (Phi) is 5.29. The second kappa shape index (κ2) is 6.97. The van der Waals surface area contributed by atoms with Crippen molar-refractivity contribution in [2.24, 2.45) is 0 Å². The normalized spacial score (nSPS) is 18.1. The van der Waals surface area contributed by atoms with Crippen molar-refractivity contribution in [2.45, 2.75) is 70.8 Å². The van der Waals surface area contributed by atoms with Gasteiger partial charge in [-0.3, -0.25) is 4.79 Å². The number of aromatic nitrogens is 2. The number of ketones is 1. The molecule has 1 aromatic heterocycles. The van der Waals surface area contributed by atoms with Gasteiger partial charge in [0.1, 0.15) is 11.4 Å². The molecule has 0 spiro atoms. The quantitative estimate of drug-likeness (QED) is 0.767. The molecule has 0 atom stereocenters. The van der Waals surface area contributed by atoms with Gasteiger partial charge in [0, 0.05) is 13.0 Å². The molecule has 20 heavy (non-hydrogen) atoms. The number of hydrogen-bond donors (Lipinski definition) is 0. The Hall–Kier alpha value is -1.23. The van der Waals surface area contributed by atoms with Gasteiger partial charge in [-0.1, -0.05) is 31.3 Å². The van der Waals surface area contributed by atoms with Gasteiger partial charge in [0.15, 0.2) is 0 Å². The zero-order valence-electron chi connectivity index (χ0n) is 12.5. The molecule has 0 N–H and O–H groups in total. The van der Waals surface area contributed by atoms with Gasteiger partial charge >= 0.3 is 0 Å². The van der Waals surface area contributed by atoms with Gasteiger partial charge in [-0.2, -0.15) is 4.98 Å². The van der Waals surface area contributed by atoms with Gasteiger partial charge < -0.3 is 9.26 Å². The minimum absolute atomic E-state index is 0.150. The number of ether oxygens (including phenoxy) is 1. The summed E-state index contributed by atoms with van der Waals surface area (Å²) in [6.45, 7) is 4.62. The third-order valence-corrected chi connectivity index (χ3v) is 3.83. The van der Waals surface area contributed by atoms with E-state index in [2.05, 4.69) is 10.1 Å². The van der Waals surface area contributed by atoms with Crippen LogP contribution >= 0.6 is 0 Å². The first-order valence-corrected chi connectivity index (χ1v) is 7.69. The van der Waals surface area contributed by atoms with E-state index in [0.29, 0.717) is 24.7 Å². The molecular formula is C15H24N2O3. The molecule has 1 heterocycles. The largest absolute Gasteiger partial charge is 0.367 e. The van der Waals surface area contributed by atoms with Crippen molar-refractivity contribution in [1.82, 2.24) is 10.1 Å². The zero-order chi connectivity index (χ0) is 14.4. The summed E-state index contributed by atoms with van der Waals surface area (Å²) >= 11 is 0. The van der Waals surface area contributed by atoms with Gasteiger partial charge in [0.25, 0.3) is 0 Å². The molecule has 112 valence electrons. The average molecular weight is 280 g/mol. The van der Waals surface area contributed by atoms with Crippen molar-refractivity contribution in [1.29, 1.82) is 0 Å². The number of nitrogens with zero attached hydrogens (tertiary/aromatic N) is 2. The molecule has 1 fully saturated rings. The molecule has 0 radical (unpaired) electrons. The lowest BCUT2D eigenvalue weighted by Crippen LogP contribution is -2.33.